The Morgan fingerprint density at radius 2 is 2.10 bits per heavy atom. The third-order valence-electron chi connectivity index (χ3n) is 6.28. The molecule has 2 aromatic rings. The minimum absolute atomic E-state index is 0.0219. The van der Waals surface area contributed by atoms with Crippen LogP contribution < -0.4 is 10.2 Å². The molecular formula is C22H26N2O6. The van der Waals surface area contributed by atoms with E-state index in [9.17, 15) is 19.8 Å². The number of aromatic carboxylic acids is 1. The molecule has 2 N–H and O–H groups in total. The van der Waals surface area contributed by atoms with Crippen LogP contribution >= 0.6 is 0 Å². The molecule has 2 unspecified atom stereocenters. The summed E-state index contributed by atoms with van der Waals surface area (Å²) in [6, 6.07) is 3.12. The topological polar surface area (TPSA) is 111 Å². The van der Waals surface area contributed by atoms with Gasteiger partial charge in [-0.2, -0.15) is 0 Å². The van der Waals surface area contributed by atoms with Gasteiger partial charge in [0, 0.05) is 44.4 Å². The summed E-state index contributed by atoms with van der Waals surface area (Å²) in [6.07, 6.45) is 3.96. The van der Waals surface area contributed by atoms with Crippen molar-refractivity contribution in [2.75, 3.05) is 20.3 Å². The van der Waals surface area contributed by atoms with Crippen LogP contribution in [0.2, 0.25) is 0 Å². The highest BCUT2D eigenvalue weighted by molar-refractivity contribution is 5.87. The van der Waals surface area contributed by atoms with Gasteiger partial charge in [0.1, 0.15) is 5.56 Å². The van der Waals surface area contributed by atoms with Gasteiger partial charge in [-0.25, -0.2) is 9.78 Å². The van der Waals surface area contributed by atoms with Crippen molar-refractivity contribution in [2.24, 2.45) is 5.41 Å². The number of carboxylic acid groups (broad SMARTS) is 1. The van der Waals surface area contributed by atoms with Gasteiger partial charge < -0.3 is 24.3 Å². The SMILES string of the molecule is COCCCOc1cc2c(nc1O)-c1cc(=O)c(C(=O)O)cn1C1C2CCC1(C)C. The highest BCUT2D eigenvalue weighted by Crippen LogP contribution is 2.59. The molecule has 3 heterocycles. The molecule has 8 heteroatoms. The maximum Gasteiger partial charge on any atom is 0.341 e. The molecule has 8 nitrogen and oxygen atoms in total. The lowest BCUT2D eigenvalue weighted by molar-refractivity contribution is 0.0693. The van der Waals surface area contributed by atoms with Gasteiger partial charge in [0.05, 0.1) is 18.0 Å². The average molecular weight is 414 g/mol. The van der Waals surface area contributed by atoms with Crippen LogP contribution in [0, 0.1) is 5.41 Å². The zero-order valence-electron chi connectivity index (χ0n) is 17.3. The molecule has 1 fully saturated rings. The van der Waals surface area contributed by atoms with Gasteiger partial charge in [0.25, 0.3) is 5.88 Å². The average Bonchev–Trinajstić information content (AvgIpc) is 3.01. The van der Waals surface area contributed by atoms with Crippen LogP contribution in [0.5, 0.6) is 11.6 Å². The van der Waals surface area contributed by atoms with Gasteiger partial charge in [-0.05, 0) is 29.9 Å². The first kappa shape index (κ1) is 20.4. The Morgan fingerprint density at radius 1 is 1.33 bits per heavy atom. The van der Waals surface area contributed by atoms with Gasteiger partial charge in [0.2, 0.25) is 0 Å². The van der Waals surface area contributed by atoms with Crippen molar-refractivity contribution < 1.29 is 24.5 Å². The monoisotopic (exact) mass is 414 g/mol. The molecule has 0 radical (unpaired) electrons. The van der Waals surface area contributed by atoms with Crippen molar-refractivity contribution >= 4 is 5.97 Å². The molecule has 1 aliphatic heterocycles. The molecule has 1 aliphatic carbocycles. The number of hydrogen-bond acceptors (Lipinski definition) is 6. The first-order valence-electron chi connectivity index (χ1n) is 10.1. The zero-order valence-corrected chi connectivity index (χ0v) is 17.3. The number of fused-ring (bicyclic) bond motifs is 6. The molecule has 2 aromatic heterocycles. The predicted octanol–water partition coefficient (Wildman–Crippen LogP) is 3.19. The van der Waals surface area contributed by atoms with E-state index in [0.29, 0.717) is 36.8 Å². The number of aromatic nitrogens is 2. The van der Waals surface area contributed by atoms with Crippen LogP contribution in [0.3, 0.4) is 0 Å². The second-order valence-corrected chi connectivity index (χ2v) is 8.67. The summed E-state index contributed by atoms with van der Waals surface area (Å²) in [5.41, 5.74) is 1.02. The van der Waals surface area contributed by atoms with Crippen molar-refractivity contribution in [3.8, 4) is 23.0 Å². The van der Waals surface area contributed by atoms with E-state index in [2.05, 4.69) is 18.8 Å². The van der Waals surface area contributed by atoms with Crippen LogP contribution in [-0.4, -0.2) is 46.1 Å². The number of hydrogen-bond donors (Lipinski definition) is 2. The van der Waals surface area contributed by atoms with Crippen molar-refractivity contribution in [1.82, 2.24) is 9.55 Å². The molecule has 4 rings (SSSR count). The van der Waals surface area contributed by atoms with Gasteiger partial charge in [-0.3, -0.25) is 4.79 Å². The van der Waals surface area contributed by atoms with Crippen molar-refractivity contribution in [3.63, 3.8) is 0 Å². The third-order valence-corrected chi connectivity index (χ3v) is 6.28. The molecule has 30 heavy (non-hydrogen) atoms. The van der Waals surface area contributed by atoms with Crippen LogP contribution in [0.15, 0.2) is 23.1 Å². The lowest BCUT2D eigenvalue weighted by atomic mass is 9.79. The first-order chi connectivity index (χ1) is 14.2. The van der Waals surface area contributed by atoms with Gasteiger partial charge in [-0.1, -0.05) is 13.8 Å². The van der Waals surface area contributed by atoms with E-state index in [4.69, 9.17) is 9.47 Å². The molecule has 0 amide bonds. The molecule has 1 saturated carbocycles. The Balaban J connectivity index is 1.86. The quantitative estimate of drug-likeness (QED) is 0.698. The van der Waals surface area contributed by atoms with E-state index < -0.39 is 11.4 Å². The molecule has 2 atom stereocenters. The molecule has 0 spiro atoms. The standard InChI is InChI=1S/C22H26N2O6/c1-22(2)6-5-12-13-9-17(30-8-4-7-29-3)20(26)23-18(13)15-10-16(25)14(21(27)28)11-24(15)19(12)22/h9-12,19H,4-8H2,1-3H3,(H,23,26)(H,27,28). The van der Waals surface area contributed by atoms with Crippen molar-refractivity contribution in [2.45, 2.75) is 45.1 Å². The van der Waals surface area contributed by atoms with E-state index >= 15 is 0 Å². The molecule has 0 bridgehead atoms. The maximum atomic E-state index is 12.4. The largest absolute Gasteiger partial charge is 0.491 e. The van der Waals surface area contributed by atoms with Crippen LogP contribution in [0.25, 0.3) is 11.4 Å². The lowest BCUT2D eigenvalue weighted by Gasteiger charge is -2.39. The second-order valence-electron chi connectivity index (χ2n) is 8.67. The Morgan fingerprint density at radius 3 is 2.80 bits per heavy atom. The minimum atomic E-state index is -1.25. The fourth-order valence-electron chi connectivity index (χ4n) is 4.88. The smallest absolute Gasteiger partial charge is 0.341 e. The Bertz CT molecular complexity index is 1060. The predicted molar refractivity (Wildman–Crippen MR) is 109 cm³/mol. The Hall–Kier alpha value is -2.87. The highest BCUT2D eigenvalue weighted by atomic mass is 16.5. The third kappa shape index (κ3) is 3.25. The van der Waals surface area contributed by atoms with E-state index in [1.54, 1.807) is 7.11 Å². The number of ether oxygens (including phenoxy) is 2. The number of aromatic hydroxyl groups is 1. The summed E-state index contributed by atoms with van der Waals surface area (Å²) in [5.74, 6) is -1.10. The van der Waals surface area contributed by atoms with Crippen molar-refractivity contribution in [1.29, 1.82) is 0 Å². The molecule has 160 valence electrons. The van der Waals surface area contributed by atoms with Gasteiger partial charge >= 0.3 is 5.97 Å². The first-order valence-corrected chi connectivity index (χ1v) is 10.1. The van der Waals surface area contributed by atoms with Gasteiger partial charge in [-0.15, -0.1) is 0 Å². The molecule has 2 aliphatic rings. The molecule has 0 saturated heterocycles. The van der Waals surface area contributed by atoms with Crippen molar-refractivity contribution in [3.05, 3.63) is 39.7 Å². The Kier molecular flexibility index (Phi) is 5.05. The number of pyridine rings is 2. The summed E-state index contributed by atoms with van der Waals surface area (Å²) in [5, 5.41) is 19.9. The molecular weight excluding hydrogens is 388 g/mol. The molecule has 0 aromatic carbocycles. The second kappa shape index (κ2) is 7.43. The van der Waals surface area contributed by atoms with E-state index in [-0.39, 0.29) is 28.8 Å². The van der Waals surface area contributed by atoms with E-state index in [0.717, 1.165) is 18.4 Å². The number of carboxylic acids is 1. The lowest BCUT2D eigenvalue weighted by Crippen LogP contribution is -2.32. The number of methoxy groups -OCH3 is 1. The summed E-state index contributed by atoms with van der Waals surface area (Å²) in [7, 11) is 1.62. The van der Waals surface area contributed by atoms with Crippen LogP contribution in [-0.2, 0) is 4.74 Å². The minimum Gasteiger partial charge on any atom is -0.491 e. The van der Waals surface area contributed by atoms with Gasteiger partial charge in [0.15, 0.2) is 11.2 Å². The summed E-state index contributed by atoms with van der Waals surface area (Å²) >= 11 is 0. The van der Waals surface area contributed by atoms with Crippen LogP contribution in [0.4, 0.5) is 0 Å². The summed E-state index contributed by atoms with van der Waals surface area (Å²) < 4.78 is 12.6. The fraction of sp³-hybridized carbons (Fsp3) is 0.500. The number of rotatable bonds is 6. The number of nitrogens with zero attached hydrogens (tertiary/aromatic N) is 2. The fourth-order valence-corrected chi connectivity index (χ4v) is 4.88. The maximum absolute atomic E-state index is 12.4. The van der Waals surface area contributed by atoms with E-state index in [1.165, 1.54) is 12.3 Å². The Labute approximate surface area is 174 Å². The summed E-state index contributed by atoms with van der Waals surface area (Å²) in [4.78, 5) is 28.4. The van der Waals surface area contributed by atoms with Crippen LogP contribution in [0.1, 0.15) is 61.0 Å². The normalized spacial score (nSPS) is 20.9. The summed E-state index contributed by atoms with van der Waals surface area (Å²) in [6.45, 7) is 5.25. The zero-order chi connectivity index (χ0) is 21.6. The van der Waals surface area contributed by atoms with E-state index in [1.807, 2.05) is 10.6 Å². The highest BCUT2D eigenvalue weighted by Gasteiger charge is 2.48. The number of carbonyl (C=O) groups is 1.